The molecule has 2 heterocycles. The van der Waals surface area contributed by atoms with E-state index in [4.69, 9.17) is 0 Å². The predicted octanol–water partition coefficient (Wildman–Crippen LogP) is 2.97. The molecule has 1 atom stereocenters. The summed E-state index contributed by atoms with van der Waals surface area (Å²) >= 11 is 1.37. The average molecular weight is 340 g/mol. The van der Waals surface area contributed by atoms with Crippen molar-refractivity contribution in [3.63, 3.8) is 0 Å². The van der Waals surface area contributed by atoms with Crippen LogP contribution in [0.3, 0.4) is 0 Å². The van der Waals surface area contributed by atoms with Crippen LogP contribution in [0, 0.1) is 5.21 Å². The summed E-state index contributed by atoms with van der Waals surface area (Å²) in [5, 5.41) is 23.3. The topological polar surface area (TPSA) is 81.8 Å². The van der Waals surface area contributed by atoms with E-state index in [1.807, 2.05) is 18.2 Å². The third-order valence-corrected chi connectivity index (χ3v) is 4.59. The summed E-state index contributed by atoms with van der Waals surface area (Å²) in [6.07, 6.45) is 3.46. The Morgan fingerprint density at radius 1 is 1.21 bits per heavy atom. The molecule has 0 radical (unpaired) electrons. The van der Waals surface area contributed by atoms with E-state index in [1.54, 1.807) is 0 Å². The standard InChI is InChI=1S/C17H16N4O2S/c1-2-14(12-6-4-3-5-7-12)16-19-20-17(24-16)18-15(22)13-8-10-21(23)11-9-13/h3-11,14H,2H2,1H3,(H,18,20,22). The summed E-state index contributed by atoms with van der Waals surface area (Å²) in [6, 6.07) is 13.0. The second-order valence-electron chi connectivity index (χ2n) is 5.22. The molecule has 3 aromatic rings. The molecule has 6 nitrogen and oxygen atoms in total. The zero-order chi connectivity index (χ0) is 16.9. The molecular weight excluding hydrogens is 324 g/mol. The summed E-state index contributed by atoms with van der Waals surface area (Å²) in [5.41, 5.74) is 1.58. The molecule has 0 fully saturated rings. The molecule has 24 heavy (non-hydrogen) atoms. The lowest BCUT2D eigenvalue weighted by Crippen LogP contribution is -2.25. The molecule has 0 aliphatic heterocycles. The van der Waals surface area contributed by atoms with Crippen LogP contribution in [0.4, 0.5) is 5.13 Å². The van der Waals surface area contributed by atoms with Crippen molar-refractivity contribution in [2.75, 3.05) is 5.32 Å². The van der Waals surface area contributed by atoms with E-state index in [-0.39, 0.29) is 11.8 Å². The highest BCUT2D eigenvalue weighted by Gasteiger charge is 2.18. The number of anilines is 1. The zero-order valence-electron chi connectivity index (χ0n) is 13.0. The number of hydrogen-bond acceptors (Lipinski definition) is 5. The number of nitrogens with one attached hydrogen (secondary N) is 1. The molecule has 122 valence electrons. The number of aromatic nitrogens is 3. The first-order chi connectivity index (χ1) is 11.7. The highest BCUT2D eigenvalue weighted by Crippen LogP contribution is 2.31. The van der Waals surface area contributed by atoms with E-state index in [1.165, 1.54) is 41.4 Å². The molecule has 3 rings (SSSR count). The third-order valence-electron chi connectivity index (χ3n) is 3.63. The van der Waals surface area contributed by atoms with Crippen LogP contribution in [0.2, 0.25) is 0 Å². The van der Waals surface area contributed by atoms with Crippen molar-refractivity contribution in [3.05, 3.63) is 76.2 Å². The lowest BCUT2D eigenvalue weighted by molar-refractivity contribution is -0.605. The summed E-state index contributed by atoms with van der Waals surface area (Å²) in [5.74, 6) is -0.156. The highest BCUT2D eigenvalue weighted by atomic mass is 32.1. The van der Waals surface area contributed by atoms with Crippen molar-refractivity contribution in [3.8, 4) is 0 Å². The Kier molecular flexibility index (Phi) is 4.81. The van der Waals surface area contributed by atoms with Gasteiger partial charge in [-0.25, -0.2) is 0 Å². The largest absolute Gasteiger partial charge is 0.619 e. The quantitative estimate of drug-likeness (QED) is 0.572. The van der Waals surface area contributed by atoms with Crippen LogP contribution >= 0.6 is 11.3 Å². The van der Waals surface area contributed by atoms with Crippen molar-refractivity contribution in [1.29, 1.82) is 0 Å². The SMILES string of the molecule is CCC(c1ccccc1)c1nnc(NC(=O)c2cc[n+]([O-])cc2)s1. The van der Waals surface area contributed by atoms with Gasteiger partial charge in [-0.1, -0.05) is 48.6 Å². The summed E-state index contributed by atoms with van der Waals surface area (Å²) in [6.45, 7) is 2.10. The number of nitrogens with zero attached hydrogens (tertiary/aromatic N) is 3. The Hall–Kier alpha value is -2.80. The second-order valence-corrected chi connectivity index (χ2v) is 6.23. The number of carbonyl (C=O) groups excluding carboxylic acids is 1. The Morgan fingerprint density at radius 3 is 2.58 bits per heavy atom. The third kappa shape index (κ3) is 3.57. The fraction of sp³-hybridized carbons (Fsp3) is 0.176. The predicted molar refractivity (Wildman–Crippen MR) is 91.8 cm³/mol. The Balaban J connectivity index is 1.75. The van der Waals surface area contributed by atoms with Gasteiger partial charge in [-0.15, -0.1) is 10.2 Å². The molecule has 1 unspecified atom stereocenters. The minimum absolute atomic E-state index is 0.158. The molecule has 1 N–H and O–H groups in total. The number of pyridine rings is 1. The minimum atomic E-state index is -0.314. The van der Waals surface area contributed by atoms with Crippen LogP contribution in [0.15, 0.2) is 54.9 Å². The van der Waals surface area contributed by atoms with Gasteiger partial charge in [0.2, 0.25) is 5.13 Å². The van der Waals surface area contributed by atoms with Crippen molar-refractivity contribution >= 4 is 22.4 Å². The fourth-order valence-electron chi connectivity index (χ4n) is 2.40. The van der Waals surface area contributed by atoms with E-state index < -0.39 is 0 Å². The van der Waals surface area contributed by atoms with Gasteiger partial charge in [0.05, 0.1) is 5.56 Å². The van der Waals surface area contributed by atoms with Gasteiger partial charge in [-0.05, 0) is 12.0 Å². The molecule has 0 aliphatic carbocycles. The first-order valence-electron chi connectivity index (χ1n) is 7.56. The van der Waals surface area contributed by atoms with Gasteiger partial charge in [-0.3, -0.25) is 10.1 Å². The van der Waals surface area contributed by atoms with Crippen molar-refractivity contribution < 1.29 is 9.52 Å². The van der Waals surface area contributed by atoms with E-state index in [0.717, 1.165) is 11.4 Å². The molecule has 0 saturated heterocycles. The van der Waals surface area contributed by atoms with E-state index in [2.05, 4.69) is 34.6 Å². The first-order valence-corrected chi connectivity index (χ1v) is 8.37. The molecule has 0 spiro atoms. The van der Waals surface area contributed by atoms with Crippen LogP contribution < -0.4 is 10.0 Å². The highest BCUT2D eigenvalue weighted by molar-refractivity contribution is 7.15. The van der Waals surface area contributed by atoms with Crippen LogP contribution in [-0.2, 0) is 0 Å². The number of hydrogen-bond donors (Lipinski definition) is 1. The van der Waals surface area contributed by atoms with Gasteiger partial charge >= 0.3 is 0 Å². The first kappa shape index (κ1) is 16.1. The Bertz CT molecular complexity index is 818. The van der Waals surface area contributed by atoms with Crippen LogP contribution in [0.25, 0.3) is 0 Å². The van der Waals surface area contributed by atoms with Crippen molar-refractivity contribution in [2.24, 2.45) is 0 Å². The maximum absolute atomic E-state index is 12.2. The van der Waals surface area contributed by atoms with Crippen molar-refractivity contribution in [2.45, 2.75) is 19.3 Å². The van der Waals surface area contributed by atoms with Gasteiger partial charge in [0.25, 0.3) is 5.91 Å². The van der Waals surface area contributed by atoms with Crippen LogP contribution in [-0.4, -0.2) is 16.1 Å². The average Bonchev–Trinajstić information content (AvgIpc) is 3.05. The lowest BCUT2D eigenvalue weighted by atomic mass is 9.97. The smallest absolute Gasteiger partial charge is 0.257 e. The maximum Gasteiger partial charge on any atom is 0.257 e. The molecule has 0 aliphatic rings. The summed E-state index contributed by atoms with van der Waals surface area (Å²) in [7, 11) is 0. The molecule has 2 aromatic heterocycles. The molecular formula is C17H16N4O2S. The number of benzene rings is 1. The van der Waals surface area contributed by atoms with Gasteiger partial charge < -0.3 is 5.21 Å². The van der Waals surface area contributed by atoms with Crippen molar-refractivity contribution in [1.82, 2.24) is 10.2 Å². The second kappa shape index (κ2) is 7.18. The fourth-order valence-corrected chi connectivity index (χ4v) is 3.35. The molecule has 0 bridgehead atoms. The normalized spacial score (nSPS) is 11.9. The Morgan fingerprint density at radius 2 is 1.92 bits per heavy atom. The summed E-state index contributed by atoms with van der Waals surface area (Å²) < 4.78 is 0.630. The van der Waals surface area contributed by atoms with E-state index >= 15 is 0 Å². The molecule has 1 aromatic carbocycles. The zero-order valence-corrected chi connectivity index (χ0v) is 13.9. The minimum Gasteiger partial charge on any atom is -0.619 e. The lowest BCUT2D eigenvalue weighted by Gasteiger charge is -2.10. The molecule has 7 heteroatoms. The maximum atomic E-state index is 12.2. The van der Waals surface area contributed by atoms with E-state index in [0.29, 0.717) is 15.4 Å². The van der Waals surface area contributed by atoms with Gasteiger partial charge in [0.15, 0.2) is 12.4 Å². The number of amides is 1. The van der Waals surface area contributed by atoms with Crippen LogP contribution in [0.1, 0.15) is 40.2 Å². The summed E-state index contributed by atoms with van der Waals surface area (Å²) in [4.78, 5) is 12.2. The van der Waals surface area contributed by atoms with E-state index in [9.17, 15) is 10.0 Å². The van der Waals surface area contributed by atoms with Crippen LogP contribution in [0.5, 0.6) is 0 Å². The molecule has 1 amide bonds. The van der Waals surface area contributed by atoms with Gasteiger partial charge in [0.1, 0.15) is 5.01 Å². The number of rotatable bonds is 5. The Labute approximate surface area is 143 Å². The van der Waals surface area contributed by atoms with Gasteiger partial charge in [-0.2, -0.15) is 4.73 Å². The number of carbonyl (C=O) groups is 1. The monoisotopic (exact) mass is 340 g/mol. The molecule has 0 saturated carbocycles. The van der Waals surface area contributed by atoms with Gasteiger partial charge in [0, 0.05) is 18.1 Å².